The van der Waals surface area contributed by atoms with Crippen LogP contribution in [0, 0.1) is 0 Å². The summed E-state index contributed by atoms with van der Waals surface area (Å²) >= 11 is 0. The summed E-state index contributed by atoms with van der Waals surface area (Å²) in [4.78, 5) is 62.3. The van der Waals surface area contributed by atoms with Crippen molar-refractivity contribution in [1.82, 2.24) is 18.8 Å². The van der Waals surface area contributed by atoms with Crippen molar-refractivity contribution in [2.75, 3.05) is 25.5 Å². The average molecular weight is 591 g/mol. The highest BCUT2D eigenvalue weighted by atomic mass is 32.2. The second kappa shape index (κ2) is 11.4. The first kappa shape index (κ1) is 29.0. The molecular formula is C26H34N6O8S. The predicted octanol–water partition coefficient (Wildman–Crippen LogP) is 0.547. The number of rotatable bonds is 7. The third-order valence-corrected chi connectivity index (χ3v) is 10.5. The fourth-order valence-electron chi connectivity index (χ4n) is 6.15. The number of primary amides is 1. The Kier molecular flexibility index (Phi) is 8.03. The van der Waals surface area contributed by atoms with Crippen LogP contribution in [0.25, 0.3) is 0 Å². The monoisotopic (exact) mass is 590 g/mol. The molecule has 0 radical (unpaired) electrons. The highest BCUT2D eigenvalue weighted by molar-refractivity contribution is 7.86. The lowest BCUT2D eigenvalue weighted by atomic mass is 9.91. The van der Waals surface area contributed by atoms with Crippen LogP contribution in [0.5, 0.6) is 0 Å². The van der Waals surface area contributed by atoms with E-state index in [9.17, 15) is 32.4 Å². The van der Waals surface area contributed by atoms with Gasteiger partial charge in [-0.25, -0.2) is 4.79 Å². The van der Waals surface area contributed by atoms with E-state index in [2.05, 4.69) is 10.6 Å². The number of ether oxygens (including phenoxy) is 1. The molecule has 0 spiro atoms. The van der Waals surface area contributed by atoms with Crippen molar-refractivity contribution in [3.8, 4) is 0 Å². The smallest absolute Gasteiger partial charge is 0.404 e. The first-order valence-electron chi connectivity index (χ1n) is 13.8. The van der Waals surface area contributed by atoms with Crippen LogP contribution in [0.15, 0.2) is 18.2 Å². The van der Waals surface area contributed by atoms with E-state index >= 15 is 0 Å². The molecule has 15 heteroatoms. The number of carbonyl (C=O) groups excluding carboxylic acids is 5. The van der Waals surface area contributed by atoms with E-state index < -0.39 is 46.0 Å². The zero-order valence-electron chi connectivity index (χ0n) is 22.7. The number of anilines is 1. The largest absolute Gasteiger partial charge is 0.446 e. The van der Waals surface area contributed by atoms with Gasteiger partial charge in [0.15, 0.2) is 0 Å². The van der Waals surface area contributed by atoms with Gasteiger partial charge in [0.1, 0.15) is 12.1 Å². The molecule has 5 amide bonds. The summed E-state index contributed by atoms with van der Waals surface area (Å²) in [6.07, 6.45) is 2.12. The SMILES string of the molecule is CN(C1CCC(Nc2cccc3c2C(=O)N(C2CCC(=O)NC2=O)C3=O)CC1)S(=O)(=O)N1CCC(OC(N)=O)CC1. The van der Waals surface area contributed by atoms with Crippen LogP contribution in [0.4, 0.5) is 10.5 Å². The van der Waals surface area contributed by atoms with Crippen LogP contribution in [0.1, 0.15) is 72.1 Å². The van der Waals surface area contributed by atoms with Crippen molar-refractivity contribution < 1.29 is 37.1 Å². The molecule has 41 heavy (non-hydrogen) atoms. The van der Waals surface area contributed by atoms with Gasteiger partial charge in [-0.15, -0.1) is 0 Å². The summed E-state index contributed by atoms with van der Waals surface area (Å²) in [6, 6.07) is 3.64. The maximum absolute atomic E-state index is 13.4. The molecule has 0 bridgehead atoms. The highest BCUT2D eigenvalue weighted by Gasteiger charge is 2.46. The average Bonchev–Trinajstić information content (AvgIpc) is 3.19. The highest BCUT2D eigenvalue weighted by Crippen LogP contribution is 2.35. The number of nitrogens with two attached hydrogens (primary N) is 1. The number of piperidine rings is 2. The number of imide groups is 2. The predicted molar refractivity (Wildman–Crippen MR) is 145 cm³/mol. The number of benzene rings is 1. The lowest BCUT2D eigenvalue weighted by Crippen LogP contribution is -2.54. The van der Waals surface area contributed by atoms with Crippen molar-refractivity contribution in [3.63, 3.8) is 0 Å². The summed E-state index contributed by atoms with van der Waals surface area (Å²) < 4.78 is 34.4. The number of hydrogen-bond donors (Lipinski definition) is 3. The number of amides is 5. The number of fused-ring (bicyclic) bond motifs is 1. The van der Waals surface area contributed by atoms with Crippen LogP contribution in [-0.4, -0.2) is 96.0 Å². The molecule has 1 aromatic rings. The first-order valence-corrected chi connectivity index (χ1v) is 15.2. The zero-order chi connectivity index (χ0) is 29.5. The molecule has 5 rings (SSSR count). The van der Waals surface area contributed by atoms with Gasteiger partial charge in [0, 0.05) is 44.3 Å². The molecule has 1 atom stereocenters. The molecule has 1 aromatic carbocycles. The fraction of sp³-hybridized carbons (Fsp3) is 0.577. The number of nitrogens with zero attached hydrogens (tertiary/aromatic N) is 3. The van der Waals surface area contributed by atoms with Gasteiger partial charge in [-0.05, 0) is 57.1 Å². The maximum Gasteiger partial charge on any atom is 0.404 e. The minimum Gasteiger partial charge on any atom is -0.446 e. The standard InChI is InChI=1S/C26H34N6O8S/c1-30(41(38,39)31-13-11-17(12-14-31)40-26(27)37)16-7-5-15(6-8-16)28-19-4-2-3-18-22(19)25(36)32(24(18)35)20-9-10-21(33)29-23(20)34/h2-4,15-17,20,28H,5-14H2,1H3,(H2,27,37)(H,29,33,34). The van der Waals surface area contributed by atoms with Gasteiger partial charge in [-0.1, -0.05) is 6.07 Å². The van der Waals surface area contributed by atoms with Gasteiger partial charge in [0.25, 0.3) is 22.0 Å². The topological polar surface area (TPSA) is 189 Å². The number of hydrogen-bond acceptors (Lipinski definition) is 9. The Hall–Kier alpha value is -3.56. The van der Waals surface area contributed by atoms with E-state index in [-0.39, 0.29) is 55.2 Å². The van der Waals surface area contributed by atoms with E-state index in [1.54, 1.807) is 25.2 Å². The van der Waals surface area contributed by atoms with Crippen LogP contribution in [-0.2, 0) is 24.5 Å². The van der Waals surface area contributed by atoms with E-state index in [4.69, 9.17) is 10.5 Å². The second-order valence-corrected chi connectivity index (χ2v) is 12.9. The second-order valence-electron chi connectivity index (χ2n) is 10.9. The molecular weight excluding hydrogens is 556 g/mol. The van der Waals surface area contributed by atoms with Crippen molar-refractivity contribution in [2.24, 2.45) is 5.73 Å². The molecule has 4 aliphatic rings. The van der Waals surface area contributed by atoms with E-state index in [0.717, 1.165) is 4.90 Å². The molecule has 1 aliphatic carbocycles. The van der Waals surface area contributed by atoms with Gasteiger partial charge in [-0.3, -0.25) is 29.4 Å². The van der Waals surface area contributed by atoms with E-state index in [1.165, 1.54) is 8.61 Å². The van der Waals surface area contributed by atoms with Crippen molar-refractivity contribution in [1.29, 1.82) is 0 Å². The lowest BCUT2D eigenvalue weighted by Gasteiger charge is -2.38. The van der Waals surface area contributed by atoms with Gasteiger partial charge < -0.3 is 15.8 Å². The molecule has 3 fully saturated rings. The molecule has 1 unspecified atom stereocenters. The molecule has 0 aromatic heterocycles. The van der Waals surface area contributed by atoms with Crippen LogP contribution < -0.4 is 16.4 Å². The molecule has 14 nitrogen and oxygen atoms in total. The first-order chi connectivity index (χ1) is 19.5. The molecule has 1 saturated carbocycles. The molecule has 222 valence electrons. The molecule has 3 heterocycles. The third-order valence-electron chi connectivity index (χ3n) is 8.41. The van der Waals surface area contributed by atoms with Gasteiger partial charge >= 0.3 is 6.09 Å². The summed E-state index contributed by atoms with van der Waals surface area (Å²) in [7, 11) is -2.12. The Labute approximate surface area is 237 Å². The Morgan fingerprint density at radius 1 is 1.02 bits per heavy atom. The lowest BCUT2D eigenvalue weighted by molar-refractivity contribution is -0.136. The van der Waals surface area contributed by atoms with Gasteiger partial charge in [0.2, 0.25) is 11.8 Å². The summed E-state index contributed by atoms with van der Waals surface area (Å²) in [5.74, 6) is -2.24. The zero-order valence-corrected chi connectivity index (χ0v) is 23.5. The third kappa shape index (κ3) is 5.65. The van der Waals surface area contributed by atoms with Crippen molar-refractivity contribution in [3.05, 3.63) is 29.3 Å². The minimum atomic E-state index is -3.70. The van der Waals surface area contributed by atoms with Gasteiger partial charge in [-0.2, -0.15) is 17.0 Å². The minimum absolute atomic E-state index is 0.0459. The quantitative estimate of drug-likeness (QED) is 0.381. The molecule has 4 N–H and O–H groups in total. The Morgan fingerprint density at radius 2 is 1.71 bits per heavy atom. The summed E-state index contributed by atoms with van der Waals surface area (Å²) in [5.41, 5.74) is 5.96. The van der Waals surface area contributed by atoms with Gasteiger partial charge in [0.05, 0.1) is 11.1 Å². The summed E-state index contributed by atoms with van der Waals surface area (Å²) in [5, 5.41) is 5.57. The number of carbonyl (C=O) groups is 5. The van der Waals surface area contributed by atoms with E-state index in [0.29, 0.717) is 44.2 Å². The van der Waals surface area contributed by atoms with Crippen LogP contribution in [0.3, 0.4) is 0 Å². The van der Waals surface area contributed by atoms with Crippen LogP contribution >= 0.6 is 0 Å². The molecule has 3 aliphatic heterocycles. The Balaban J connectivity index is 1.20. The Bertz CT molecular complexity index is 1370. The van der Waals surface area contributed by atoms with Crippen LogP contribution in [0.2, 0.25) is 0 Å². The Morgan fingerprint density at radius 3 is 2.34 bits per heavy atom. The maximum atomic E-state index is 13.4. The molecule has 2 saturated heterocycles. The fourth-order valence-corrected chi connectivity index (χ4v) is 7.78. The van der Waals surface area contributed by atoms with Crippen molar-refractivity contribution >= 4 is 45.6 Å². The number of nitrogens with one attached hydrogen (secondary N) is 2. The normalized spacial score (nSPS) is 26.2. The summed E-state index contributed by atoms with van der Waals surface area (Å²) in [6.45, 7) is 0.479. The van der Waals surface area contributed by atoms with Crippen molar-refractivity contribution in [2.45, 2.75) is 75.6 Å². The van der Waals surface area contributed by atoms with E-state index in [1.807, 2.05) is 0 Å².